The van der Waals surface area contributed by atoms with Gasteiger partial charge in [-0.2, -0.15) is 0 Å². The van der Waals surface area contributed by atoms with Crippen LogP contribution in [0.1, 0.15) is 39.0 Å². The summed E-state index contributed by atoms with van der Waals surface area (Å²) >= 11 is 0. The molecule has 2 heteroatoms. The minimum absolute atomic E-state index is 0. The summed E-state index contributed by atoms with van der Waals surface area (Å²) in [7, 11) is -0.464. The van der Waals surface area contributed by atoms with Gasteiger partial charge in [0.05, 0.1) is 6.16 Å². The molecule has 0 spiro atoms. The van der Waals surface area contributed by atoms with E-state index in [4.69, 9.17) is 0 Å². The van der Waals surface area contributed by atoms with E-state index in [1.165, 1.54) is 38.3 Å². The molecule has 0 atom stereocenters. The summed E-state index contributed by atoms with van der Waals surface area (Å²) in [4.78, 5) is 0. The molecule has 0 rings (SSSR count). The van der Waals surface area contributed by atoms with Crippen molar-refractivity contribution in [2.24, 2.45) is 0 Å². The molecule has 0 bridgehead atoms. The second-order valence-electron chi connectivity index (χ2n) is 4.43. The van der Waals surface area contributed by atoms with Gasteiger partial charge in [-0.25, -0.2) is 0 Å². The standard InChI is InChI=1S/C10H24P.ClH/c1-5-6-7-8-9-10-11(2,3)4;/h5-10H2,1-4H3;1H/q+1;/p-1. The summed E-state index contributed by atoms with van der Waals surface area (Å²) in [5.41, 5.74) is 0. The third-order valence-corrected chi connectivity index (χ3v) is 3.59. The van der Waals surface area contributed by atoms with E-state index in [2.05, 4.69) is 26.9 Å². The summed E-state index contributed by atoms with van der Waals surface area (Å²) in [5.74, 6) is 0. The quantitative estimate of drug-likeness (QED) is 0.451. The molecule has 76 valence electrons. The Morgan fingerprint density at radius 1 is 0.833 bits per heavy atom. The summed E-state index contributed by atoms with van der Waals surface area (Å²) in [5, 5.41) is 0. The van der Waals surface area contributed by atoms with Crippen molar-refractivity contribution in [2.45, 2.75) is 39.0 Å². The Kier molecular flexibility index (Phi) is 10.5. The van der Waals surface area contributed by atoms with Crippen LogP contribution < -0.4 is 12.4 Å². The highest BCUT2D eigenvalue weighted by molar-refractivity contribution is 7.73. The first-order chi connectivity index (χ1) is 5.06. The Morgan fingerprint density at radius 2 is 1.33 bits per heavy atom. The normalized spacial score (nSPS) is 11.0. The molecular formula is C10H24ClP. The molecule has 0 aliphatic carbocycles. The average molecular weight is 211 g/mol. The zero-order valence-corrected chi connectivity index (χ0v) is 10.7. The van der Waals surface area contributed by atoms with Gasteiger partial charge in [-0.15, -0.1) is 0 Å². The molecule has 0 nitrogen and oxygen atoms in total. The first-order valence-corrected chi connectivity index (χ1v) is 8.18. The van der Waals surface area contributed by atoms with Gasteiger partial charge in [-0.1, -0.05) is 26.2 Å². The third-order valence-electron chi connectivity index (χ3n) is 1.93. The fraction of sp³-hybridized carbons (Fsp3) is 1.00. The molecule has 0 aliphatic rings. The maximum absolute atomic E-state index is 2.44. The second-order valence-corrected chi connectivity index (χ2v) is 9.46. The Hall–Kier alpha value is 0.720. The van der Waals surface area contributed by atoms with Gasteiger partial charge in [0, 0.05) is 27.3 Å². The maximum atomic E-state index is 2.44. The van der Waals surface area contributed by atoms with E-state index in [1.807, 2.05) is 0 Å². The molecule has 0 unspecified atom stereocenters. The molecule has 0 aromatic heterocycles. The SMILES string of the molecule is CCCCCCC[P+](C)(C)C.[Cl-]. The summed E-state index contributed by atoms with van der Waals surface area (Å²) in [6, 6.07) is 0. The topological polar surface area (TPSA) is 0 Å². The highest BCUT2D eigenvalue weighted by Gasteiger charge is 2.15. The molecule has 0 N–H and O–H groups in total. The van der Waals surface area contributed by atoms with Gasteiger partial charge in [-0.3, -0.25) is 0 Å². The number of hydrogen-bond acceptors (Lipinski definition) is 0. The van der Waals surface area contributed by atoms with Crippen molar-refractivity contribution < 1.29 is 12.4 Å². The lowest BCUT2D eigenvalue weighted by Gasteiger charge is -2.10. The third kappa shape index (κ3) is 13.3. The van der Waals surface area contributed by atoms with E-state index in [9.17, 15) is 0 Å². The van der Waals surface area contributed by atoms with Crippen LogP contribution in [0.3, 0.4) is 0 Å². The Morgan fingerprint density at radius 3 is 1.75 bits per heavy atom. The predicted octanol–water partition coefficient (Wildman–Crippen LogP) is 0.868. The first-order valence-electron chi connectivity index (χ1n) is 4.86. The van der Waals surface area contributed by atoms with Crippen LogP contribution in [0.25, 0.3) is 0 Å². The molecule has 0 saturated heterocycles. The molecule has 0 heterocycles. The van der Waals surface area contributed by atoms with Crippen LogP contribution in [0.4, 0.5) is 0 Å². The molecule has 0 amide bonds. The van der Waals surface area contributed by atoms with E-state index in [-0.39, 0.29) is 12.4 Å². The van der Waals surface area contributed by atoms with Crippen LogP contribution in [0.2, 0.25) is 0 Å². The van der Waals surface area contributed by atoms with Gasteiger partial charge in [-0.05, 0) is 12.8 Å². The van der Waals surface area contributed by atoms with Crippen molar-refractivity contribution in [2.75, 3.05) is 26.2 Å². The smallest absolute Gasteiger partial charge is 0.0586 e. The number of halogens is 1. The zero-order valence-electron chi connectivity index (χ0n) is 9.07. The van der Waals surface area contributed by atoms with Gasteiger partial charge < -0.3 is 12.4 Å². The van der Waals surface area contributed by atoms with Gasteiger partial charge in [0.15, 0.2) is 0 Å². The highest BCUT2D eigenvalue weighted by Crippen LogP contribution is 2.47. The van der Waals surface area contributed by atoms with Crippen molar-refractivity contribution in [1.29, 1.82) is 0 Å². The second kappa shape index (κ2) is 8.32. The molecule has 0 aromatic carbocycles. The molecule has 0 radical (unpaired) electrons. The molecule has 0 saturated carbocycles. The highest BCUT2D eigenvalue weighted by atomic mass is 35.5. The fourth-order valence-electron chi connectivity index (χ4n) is 1.19. The first kappa shape index (κ1) is 15.2. The monoisotopic (exact) mass is 210 g/mol. The lowest BCUT2D eigenvalue weighted by atomic mass is 10.2. The van der Waals surface area contributed by atoms with E-state index in [0.717, 1.165) is 0 Å². The average Bonchev–Trinajstić information content (AvgIpc) is 1.85. The number of unbranched alkanes of at least 4 members (excludes halogenated alkanes) is 4. The lowest BCUT2D eigenvalue weighted by molar-refractivity contribution is -0.00000279. The van der Waals surface area contributed by atoms with Gasteiger partial charge in [0.1, 0.15) is 0 Å². The molecule has 0 aromatic rings. The molecule has 0 fully saturated rings. The van der Waals surface area contributed by atoms with E-state index in [1.54, 1.807) is 0 Å². The predicted molar refractivity (Wildman–Crippen MR) is 58.3 cm³/mol. The van der Waals surface area contributed by atoms with Crippen LogP contribution in [-0.4, -0.2) is 26.2 Å². The molecule has 0 aliphatic heterocycles. The van der Waals surface area contributed by atoms with E-state index >= 15 is 0 Å². The van der Waals surface area contributed by atoms with Crippen LogP contribution >= 0.6 is 7.26 Å². The molecule has 12 heavy (non-hydrogen) atoms. The van der Waals surface area contributed by atoms with Crippen molar-refractivity contribution >= 4 is 7.26 Å². The number of hydrogen-bond donors (Lipinski definition) is 0. The van der Waals surface area contributed by atoms with Crippen molar-refractivity contribution in [1.82, 2.24) is 0 Å². The Labute approximate surface area is 85.3 Å². The summed E-state index contributed by atoms with van der Waals surface area (Å²) in [6.07, 6.45) is 8.68. The zero-order chi connectivity index (χ0) is 8.74. The minimum atomic E-state index is -0.464. The number of rotatable bonds is 6. The van der Waals surface area contributed by atoms with E-state index in [0.29, 0.717) is 0 Å². The van der Waals surface area contributed by atoms with E-state index < -0.39 is 7.26 Å². The van der Waals surface area contributed by atoms with Gasteiger partial charge >= 0.3 is 0 Å². The van der Waals surface area contributed by atoms with Crippen LogP contribution in [-0.2, 0) is 0 Å². The van der Waals surface area contributed by atoms with Crippen LogP contribution in [0, 0.1) is 0 Å². The summed E-state index contributed by atoms with van der Waals surface area (Å²) in [6.45, 7) is 9.59. The van der Waals surface area contributed by atoms with Crippen LogP contribution in [0.15, 0.2) is 0 Å². The van der Waals surface area contributed by atoms with Crippen molar-refractivity contribution in [3.05, 3.63) is 0 Å². The fourth-order valence-corrected chi connectivity index (χ4v) is 2.36. The Bertz CT molecular complexity index is 86.3. The summed E-state index contributed by atoms with van der Waals surface area (Å²) < 4.78 is 0. The van der Waals surface area contributed by atoms with Crippen molar-refractivity contribution in [3.63, 3.8) is 0 Å². The maximum Gasteiger partial charge on any atom is 0.0586 e. The van der Waals surface area contributed by atoms with Crippen molar-refractivity contribution in [3.8, 4) is 0 Å². The largest absolute Gasteiger partial charge is 1.00 e. The Balaban J connectivity index is 0. The minimum Gasteiger partial charge on any atom is -1.00 e. The van der Waals surface area contributed by atoms with Crippen LogP contribution in [0.5, 0.6) is 0 Å². The van der Waals surface area contributed by atoms with Gasteiger partial charge in [0.2, 0.25) is 0 Å². The molecular weight excluding hydrogens is 187 g/mol. The van der Waals surface area contributed by atoms with Gasteiger partial charge in [0.25, 0.3) is 0 Å². The lowest BCUT2D eigenvalue weighted by Crippen LogP contribution is -3.00.